The average Bonchev–Trinajstić information content (AvgIpc) is 2.55. The van der Waals surface area contributed by atoms with E-state index in [0.29, 0.717) is 11.7 Å². The van der Waals surface area contributed by atoms with E-state index in [-0.39, 0.29) is 7.92 Å². The smallest absolute Gasteiger partial charge is 0.0134 e. The molecule has 0 spiro atoms. The highest BCUT2D eigenvalue weighted by Gasteiger charge is 2.29. The van der Waals surface area contributed by atoms with Crippen LogP contribution >= 0.6 is 7.92 Å². The van der Waals surface area contributed by atoms with Crippen molar-refractivity contribution in [3.05, 3.63) is 60.7 Å². The van der Waals surface area contributed by atoms with Gasteiger partial charge >= 0.3 is 0 Å². The van der Waals surface area contributed by atoms with Crippen molar-refractivity contribution in [1.29, 1.82) is 0 Å². The number of hydrogen-bond acceptors (Lipinski definition) is 1. The zero-order valence-electron chi connectivity index (χ0n) is 14.2. The van der Waals surface area contributed by atoms with Gasteiger partial charge < -0.3 is 4.90 Å². The summed E-state index contributed by atoms with van der Waals surface area (Å²) >= 11 is 0. The molecule has 0 saturated carbocycles. The highest BCUT2D eigenvalue weighted by Crippen LogP contribution is 2.44. The lowest BCUT2D eigenvalue weighted by atomic mass is 10.1. The summed E-state index contributed by atoms with van der Waals surface area (Å²) in [5, 5.41) is 2.99. The minimum atomic E-state index is -0.334. The molecule has 0 aliphatic heterocycles. The number of nitrogens with zero attached hydrogens (tertiary/aromatic N) is 1. The molecule has 0 bridgehead atoms. The molecule has 0 N–H and O–H groups in total. The van der Waals surface area contributed by atoms with Gasteiger partial charge in [0.25, 0.3) is 0 Å². The van der Waals surface area contributed by atoms with Crippen molar-refractivity contribution in [2.24, 2.45) is 0 Å². The van der Waals surface area contributed by atoms with Crippen LogP contribution in [0.3, 0.4) is 0 Å². The summed E-state index contributed by atoms with van der Waals surface area (Å²) in [6.07, 6.45) is 2.51. The van der Waals surface area contributed by atoms with E-state index >= 15 is 0 Å². The van der Waals surface area contributed by atoms with E-state index in [2.05, 4.69) is 93.5 Å². The van der Waals surface area contributed by atoms with Gasteiger partial charge in [0.05, 0.1) is 0 Å². The maximum Gasteiger partial charge on any atom is 0.0134 e. The normalized spacial score (nSPS) is 14.3. The number of benzene rings is 2. The predicted octanol–water partition coefficient (Wildman–Crippen LogP) is 4.24. The van der Waals surface area contributed by atoms with Crippen LogP contribution in [0.1, 0.15) is 26.7 Å². The van der Waals surface area contributed by atoms with Gasteiger partial charge in [-0.2, -0.15) is 0 Å². The molecule has 0 heterocycles. The van der Waals surface area contributed by atoms with E-state index in [1.165, 1.54) is 23.5 Å². The van der Waals surface area contributed by atoms with Crippen molar-refractivity contribution in [3.63, 3.8) is 0 Å². The molecule has 2 atom stereocenters. The molecule has 118 valence electrons. The summed E-state index contributed by atoms with van der Waals surface area (Å²) in [7, 11) is 4.08. The molecule has 2 heteroatoms. The van der Waals surface area contributed by atoms with E-state index in [0.717, 1.165) is 0 Å². The fourth-order valence-corrected chi connectivity index (χ4v) is 6.20. The maximum absolute atomic E-state index is 2.38. The average molecular weight is 313 g/mol. The molecule has 0 saturated heterocycles. The second-order valence-electron chi connectivity index (χ2n) is 6.10. The molecule has 0 aliphatic carbocycles. The fourth-order valence-electron chi connectivity index (χ4n) is 2.94. The van der Waals surface area contributed by atoms with Crippen molar-refractivity contribution in [2.45, 2.75) is 38.4 Å². The van der Waals surface area contributed by atoms with Gasteiger partial charge in [-0.15, -0.1) is 0 Å². The molecular formula is C20H28NP. The molecular weight excluding hydrogens is 285 g/mol. The second-order valence-corrected chi connectivity index (χ2v) is 8.54. The largest absolute Gasteiger partial charge is 0.306 e. The molecule has 1 unspecified atom stereocenters. The number of rotatable bonds is 7. The third-order valence-corrected chi connectivity index (χ3v) is 7.42. The second kappa shape index (κ2) is 8.46. The first-order valence-electron chi connectivity index (χ1n) is 8.21. The summed E-state index contributed by atoms with van der Waals surface area (Å²) in [6, 6.07) is 22.8. The third kappa shape index (κ3) is 4.18. The predicted molar refractivity (Wildman–Crippen MR) is 101 cm³/mol. The minimum absolute atomic E-state index is 0.334. The lowest BCUT2D eigenvalue weighted by Gasteiger charge is -2.36. The standard InChI is InChI=1S/C20H28NP/c1-5-12-20(17(2)21(3)4)22(18-13-8-6-9-14-18)19-15-10-7-11-16-19/h6-11,13-17,20H,5,12H2,1-4H3/t17-,20?/m0/s1. The first kappa shape index (κ1) is 17.2. The Hall–Kier alpha value is -1.17. The van der Waals surface area contributed by atoms with Gasteiger partial charge in [-0.25, -0.2) is 0 Å². The van der Waals surface area contributed by atoms with Crippen molar-refractivity contribution < 1.29 is 0 Å². The summed E-state index contributed by atoms with van der Waals surface area (Å²) in [5.41, 5.74) is 0.680. The quantitative estimate of drug-likeness (QED) is 0.691. The van der Waals surface area contributed by atoms with Crippen LogP contribution in [-0.4, -0.2) is 30.7 Å². The Labute approximate surface area is 137 Å². The Kier molecular flexibility index (Phi) is 6.61. The van der Waals surface area contributed by atoms with E-state index in [1.54, 1.807) is 0 Å². The molecule has 2 aromatic rings. The van der Waals surface area contributed by atoms with Crippen LogP contribution in [0, 0.1) is 0 Å². The molecule has 22 heavy (non-hydrogen) atoms. The zero-order chi connectivity index (χ0) is 15.9. The molecule has 0 fully saturated rings. The molecule has 1 nitrogen and oxygen atoms in total. The lowest BCUT2D eigenvalue weighted by Crippen LogP contribution is -2.39. The fraction of sp³-hybridized carbons (Fsp3) is 0.400. The highest BCUT2D eigenvalue weighted by molar-refractivity contribution is 7.73. The van der Waals surface area contributed by atoms with Gasteiger partial charge in [0.15, 0.2) is 0 Å². The van der Waals surface area contributed by atoms with E-state index < -0.39 is 0 Å². The van der Waals surface area contributed by atoms with Gasteiger partial charge in [-0.3, -0.25) is 0 Å². The molecule has 0 aromatic heterocycles. The topological polar surface area (TPSA) is 3.24 Å². The van der Waals surface area contributed by atoms with Gasteiger partial charge in [0.1, 0.15) is 0 Å². The molecule has 2 aromatic carbocycles. The molecule has 0 amide bonds. The summed E-state index contributed by atoms with van der Waals surface area (Å²) < 4.78 is 0. The van der Waals surface area contributed by atoms with Crippen LogP contribution in [0.4, 0.5) is 0 Å². The lowest BCUT2D eigenvalue weighted by molar-refractivity contribution is 0.299. The Balaban J connectivity index is 2.46. The van der Waals surface area contributed by atoms with Gasteiger partial charge in [0.2, 0.25) is 0 Å². The van der Waals surface area contributed by atoms with E-state index in [1.807, 2.05) is 0 Å². The first-order valence-corrected chi connectivity index (χ1v) is 9.62. The Morgan fingerprint density at radius 2 is 1.32 bits per heavy atom. The van der Waals surface area contributed by atoms with Crippen LogP contribution in [-0.2, 0) is 0 Å². The monoisotopic (exact) mass is 313 g/mol. The van der Waals surface area contributed by atoms with Crippen molar-refractivity contribution in [1.82, 2.24) is 4.90 Å². The zero-order valence-corrected chi connectivity index (χ0v) is 15.1. The van der Waals surface area contributed by atoms with Gasteiger partial charge in [-0.05, 0) is 46.0 Å². The summed E-state index contributed by atoms with van der Waals surface area (Å²) in [4.78, 5) is 2.38. The van der Waals surface area contributed by atoms with Crippen LogP contribution in [0.2, 0.25) is 0 Å². The Morgan fingerprint density at radius 3 is 1.68 bits per heavy atom. The maximum atomic E-state index is 2.38. The first-order chi connectivity index (χ1) is 10.6. The number of hydrogen-bond donors (Lipinski definition) is 0. The molecule has 0 radical (unpaired) electrons. The van der Waals surface area contributed by atoms with Gasteiger partial charge in [-0.1, -0.05) is 74.0 Å². The highest BCUT2D eigenvalue weighted by atomic mass is 31.1. The van der Waals surface area contributed by atoms with Crippen LogP contribution < -0.4 is 10.6 Å². The third-order valence-electron chi connectivity index (χ3n) is 4.36. The van der Waals surface area contributed by atoms with Crippen LogP contribution in [0.5, 0.6) is 0 Å². The van der Waals surface area contributed by atoms with Crippen molar-refractivity contribution in [2.75, 3.05) is 14.1 Å². The molecule has 0 aliphatic rings. The van der Waals surface area contributed by atoms with Crippen LogP contribution in [0.15, 0.2) is 60.7 Å². The minimum Gasteiger partial charge on any atom is -0.306 e. The van der Waals surface area contributed by atoms with Crippen molar-refractivity contribution >= 4 is 18.5 Å². The van der Waals surface area contributed by atoms with Crippen LogP contribution in [0.25, 0.3) is 0 Å². The van der Waals surface area contributed by atoms with Crippen molar-refractivity contribution in [3.8, 4) is 0 Å². The SMILES string of the molecule is CCCC([C@H](C)N(C)C)P(c1ccccc1)c1ccccc1. The Bertz CT molecular complexity index is 499. The summed E-state index contributed by atoms with van der Waals surface area (Å²) in [5.74, 6) is 0. The van der Waals surface area contributed by atoms with Gasteiger partial charge in [0, 0.05) is 11.7 Å². The summed E-state index contributed by atoms with van der Waals surface area (Å²) in [6.45, 7) is 4.68. The molecule has 2 rings (SSSR count). The Morgan fingerprint density at radius 1 is 0.864 bits per heavy atom. The van der Waals surface area contributed by atoms with E-state index in [9.17, 15) is 0 Å². The van der Waals surface area contributed by atoms with E-state index in [4.69, 9.17) is 0 Å².